The van der Waals surface area contributed by atoms with E-state index in [2.05, 4.69) is 30.1 Å². The van der Waals surface area contributed by atoms with Crippen molar-refractivity contribution in [1.29, 1.82) is 5.26 Å². The van der Waals surface area contributed by atoms with Gasteiger partial charge in [-0.3, -0.25) is 9.69 Å². The number of hydrogen-bond acceptors (Lipinski definition) is 4. The number of likely N-dealkylation sites (N-methyl/N-ethyl adjacent to an activating group) is 1. The van der Waals surface area contributed by atoms with Gasteiger partial charge in [-0.1, -0.05) is 0 Å². The molecule has 96 valence electrons. The summed E-state index contributed by atoms with van der Waals surface area (Å²) in [5.41, 5.74) is 0. The third-order valence-corrected chi connectivity index (χ3v) is 3.22. The Labute approximate surface area is 103 Å². The first-order valence-corrected chi connectivity index (χ1v) is 6.13. The summed E-state index contributed by atoms with van der Waals surface area (Å²) in [6.07, 6.45) is 0.399. The van der Waals surface area contributed by atoms with E-state index in [1.807, 2.05) is 0 Å². The van der Waals surface area contributed by atoms with Gasteiger partial charge in [0.15, 0.2) is 0 Å². The molecule has 1 aliphatic rings. The molecule has 0 bridgehead atoms. The number of amides is 1. The van der Waals surface area contributed by atoms with Crippen molar-refractivity contribution in [2.24, 2.45) is 0 Å². The lowest BCUT2D eigenvalue weighted by Gasteiger charge is -2.37. The van der Waals surface area contributed by atoms with E-state index in [0.717, 1.165) is 13.1 Å². The lowest BCUT2D eigenvalue weighted by atomic mass is 10.1. The van der Waals surface area contributed by atoms with Crippen LogP contribution < -0.4 is 5.32 Å². The summed E-state index contributed by atoms with van der Waals surface area (Å²) in [5, 5.41) is 11.9. The van der Waals surface area contributed by atoms with Crippen molar-refractivity contribution >= 4 is 5.91 Å². The summed E-state index contributed by atoms with van der Waals surface area (Å²) in [5.74, 6) is 0.0983. The van der Waals surface area contributed by atoms with Gasteiger partial charge in [-0.05, 0) is 13.8 Å². The normalized spacial score (nSPS) is 25.3. The maximum atomic E-state index is 11.9. The zero-order valence-corrected chi connectivity index (χ0v) is 10.9. The average molecular weight is 238 g/mol. The summed E-state index contributed by atoms with van der Waals surface area (Å²) in [4.78, 5) is 15.8. The van der Waals surface area contributed by atoms with Crippen molar-refractivity contribution in [3.05, 3.63) is 0 Å². The van der Waals surface area contributed by atoms with Gasteiger partial charge in [-0.25, -0.2) is 0 Å². The van der Waals surface area contributed by atoms with Gasteiger partial charge < -0.3 is 10.2 Å². The van der Waals surface area contributed by atoms with Crippen molar-refractivity contribution in [3.8, 4) is 6.07 Å². The van der Waals surface area contributed by atoms with E-state index >= 15 is 0 Å². The molecule has 0 aromatic rings. The van der Waals surface area contributed by atoms with Crippen LogP contribution in [0.15, 0.2) is 0 Å². The second-order valence-corrected chi connectivity index (χ2v) is 4.81. The molecular weight excluding hydrogens is 216 g/mol. The van der Waals surface area contributed by atoms with Crippen molar-refractivity contribution in [1.82, 2.24) is 15.1 Å². The van der Waals surface area contributed by atoms with Gasteiger partial charge in [-0.2, -0.15) is 5.26 Å². The Morgan fingerprint density at radius 2 is 2.29 bits per heavy atom. The fraction of sp³-hybridized carbons (Fsp3) is 0.833. The highest BCUT2D eigenvalue weighted by Gasteiger charge is 2.24. The molecule has 1 fully saturated rings. The molecule has 0 saturated carbocycles. The molecule has 2 unspecified atom stereocenters. The molecule has 2 atom stereocenters. The Hall–Kier alpha value is -1.12. The monoisotopic (exact) mass is 238 g/mol. The molecule has 17 heavy (non-hydrogen) atoms. The van der Waals surface area contributed by atoms with Gasteiger partial charge in [-0.15, -0.1) is 0 Å². The molecule has 0 spiro atoms. The summed E-state index contributed by atoms with van der Waals surface area (Å²) < 4.78 is 0. The van der Waals surface area contributed by atoms with Crippen LogP contribution in [-0.2, 0) is 4.79 Å². The summed E-state index contributed by atoms with van der Waals surface area (Å²) in [6.45, 7) is 7.06. The van der Waals surface area contributed by atoms with Crippen LogP contribution in [0.5, 0.6) is 0 Å². The molecule has 5 heteroatoms. The van der Waals surface area contributed by atoms with Crippen LogP contribution in [0.25, 0.3) is 0 Å². The van der Waals surface area contributed by atoms with E-state index in [-0.39, 0.29) is 5.91 Å². The number of hydrogen-bond donors (Lipinski definition) is 1. The first-order chi connectivity index (χ1) is 8.04. The van der Waals surface area contributed by atoms with E-state index < -0.39 is 0 Å². The lowest BCUT2D eigenvalue weighted by molar-refractivity contribution is -0.131. The molecule has 1 saturated heterocycles. The van der Waals surface area contributed by atoms with Crippen molar-refractivity contribution in [2.45, 2.75) is 32.4 Å². The second-order valence-electron chi connectivity index (χ2n) is 4.81. The Bertz CT molecular complexity index is 299. The molecule has 5 nitrogen and oxygen atoms in total. The van der Waals surface area contributed by atoms with Crippen LogP contribution in [-0.4, -0.2) is 61.0 Å². The van der Waals surface area contributed by atoms with Gasteiger partial charge in [0.05, 0.1) is 19.0 Å². The van der Waals surface area contributed by atoms with Crippen molar-refractivity contribution in [2.75, 3.05) is 33.2 Å². The van der Waals surface area contributed by atoms with Crippen LogP contribution in [0.2, 0.25) is 0 Å². The number of carbonyl (C=O) groups excluding carboxylic acids is 1. The van der Waals surface area contributed by atoms with Crippen LogP contribution in [0.3, 0.4) is 0 Å². The first kappa shape index (κ1) is 13.9. The largest absolute Gasteiger partial charge is 0.344 e. The number of nitriles is 1. The van der Waals surface area contributed by atoms with Crippen molar-refractivity contribution in [3.63, 3.8) is 0 Å². The maximum absolute atomic E-state index is 11.9. The molecule has 1 amide bonds. The number of nitrogens with one attached hydrogen (secondary N) is 1. The first-order valence-electron chi connectivity index (χ1n) is 6.13. The summed E-state index contributed by atoms with van der Waals surface area (Å²) in [7, 11) is 1.76. The minimum absolute atomic E-state index is 0.0983. The third kappa shape index (κ3) is 4.33. The number of nitrogens with zero attached hydrogens (tertiary/aromatic N) is 3. The predicted octanol–water partition coefficient (Wildman–Crippen LogP) is 0.0407. The second kappa shape index (κ2) is 6.58. The van der Waals surface area contributed by atoms with Gasteiger partial charge >= 0.3 is 0 Å². The zero-order valence-electron chi connectivity index (χ0n) is 10.9. The topological polar surface area (TPSA) is 59.4 Å². The highest BCUT2D eigenvalue weighted by atomic mass is 16.2. The SMILES string of the molecule is CC1CN(CC(=O)N(C)CCC#N)C(C)CN1. The van der Waals surface area contributed by atoms with E-state index in [1.165, 1.54) is 0 Å². The summed E-state index contributed by atoms with van der Waals surface area (Å²) in [6, 6.07) is 2.88. The molecule has 1 aliphatic heterocycles. The Morgan fingerprint density at radius 1 is 1.59 bits per heavy atom. The van der Waals surface area contributed by atoms with Crippen LogP contribution in [0.1, 0.15) is 20.3 Å². The van der Waals surface area contributed by atoms with E-state index in [4.69, 9.17) is 5.26 Å². The van der Waals surface area contributed by atoms with Crippen molar-refractivity contribution < 1.29 is 4.79 Å². The Kier molecular flexibility index (Phi) is 5.39. The number of carbonyl (C=O) groups is 1. The van der Waals surface area contributed by atoms with Crippen LogP contribution in [0, 0.1) is 11.3 Å². The smallest absolute Gasteiger partial charge is 0.236 e. The third-order valence-electron chi connectivity index (χ3n) is 3.22. The van der Waals surface area contributed by atoms with E-state index in [0.29, 0.717) is 31.6 Å². The average Bonchev–Trinajstić information content (AvgIpc) is 2.30. The molecule has 1 N–H and O–H groups in total. The molecular formula is C12H22N4O. The predicted molar refractivity (Wildman–Crippen MR) is 66.4 cm³/mol. The van der Waals surface area contributed by atoms with Crippen LogP contribution >= 0.6 is 0 Å². The van der Waals surface area contributed by atoms with E-state index in [1.54, 1.807) is 11.9 Å². The minimum Gasteiger partial charge on any atom is -0.344 e. The molecule has 1 rings (SSSR count). The molecule has 0 aromatic heterocycles. The number of piperazine rings is 1. The van der Waals surface area contributed by atoms with Crippen LogP contribution in [0.4, 0.5) is 0 Å². The Morgan fingerprint density at radius 3 is 2.94 bits per heavy atom. The highest BCUT2D eigenvalue weighted by Crippen LogP contribution is 2.06. The van der Waals surface area contributed by atoms with Gasteiger partial charge in [0.25, 0.3) is 0 Å². The summed E-state index contributed by atoms with van der Waals surface area (Å²) >= 11 is 0. The fourth-order valence-electron chi connectivity index (χ4n) is 1.95. The van der Waals surface area contributed by atoms with Gasteiger partial charge in [0.2, 0.25) is 5.91 Å². The number of rotatable bonds is 4. The van der Waals surface area contributed by atoms with Gasteiger partial charge in [0, 0.05) is 38.8 Å². The minimum atomic E-state index is 0.0983. The quantitative estimate of drug-likeness (QED) is 0.751. The van der Waals surface area contributed by atoms with E-state index in [9.17, 15) is 4.79 Å². The van der Waals surface area contributed by atoms with Gasteiger partial charge in [0.1, 0.15) is 0 Å². The standard InChI is InChI=1S/C12H22N4O/c1-10-8-16(11(2)7-14-10)9-12(17)15(3)6-4-5-13/h10-11,14H,4,6-9H2,1-3H3. The Balaban J connectivity index is 2.41. The molecule has 0 radical (unpaired) electrons. The molecule has 0 aliphatic carbocycles. The lowest BCUT2D eigenvalue weighted by Crippen LogP contribution is -2.56. The fourth-order valence-corrected chi connectivity index (χ4v) is 1.95. The molecule has 1 heterocycles. The maximum Gasteiger partial charge on any atom is 0.236 e. The highest BCUT2D eigenvalue weighted by molar-refractivity contribution is 5.78. The zero-order chi connectivity index (χ0) is 12.8. The molecule has 0 aromatic carbocycles.